The highest BCUT2D eigenvalue weighted by atomic mass is 19.1. The minimum absolute atomic E-state index is 0.318. The largest absolute Gasteiger partial charge is 0.497 e. The molecule has 6 heteroatoms. The summed E-state index contributed by atoms with van der Waals surface area (Å²) in [4.78, 5) is 0. The zero-order valence-electron chi connectivity index (χ0n) is 13.5. The highest BCUT2D eigenvalue weighted by Gasteiger charge is 2.52. The first kappa shape index (κ1) is 16.1. The van der Waals surface area contributed by atoms with Crippen molar-refractivity contribution in [1.82, 2.24) is 0 Å². The number of halogens is 1. The fourth-order valence-electron chi connectivity index (χ4n) is 2.13. The molecule has 4 nitrogen and oxygen atoms in total. The van der Waals surface area contributed by atoms with Crippen molar-refractivity contribution in [3.63, 3.8) is 0 Å². The maximum atomic E-state index is 14.3. The Balaban J connectivity index is 2.39. The normalized spacial score (nSPS) is 19.7. The Labute approximate surface area is 125 Å². The van der Waals surface area contributed by atoms with Gasteiger partial charge in [-0.25, -0.2) is 4.39 Å². The van der Waals surface area contributed by atoms with Crippen LogP contribution in [-0.4, -0.2) is 32.0 Å². The molecule has 0 N–H and O–H groups in total. The van der Waals surface area contributed by atoms with Gasteiger partial charge in [-0.05, 0) is 40.7 Å². The molecule has 0 radical (unpaired) electrons. The lowest BCUT2D eigenvalue weighted by atomic mass is 9.78. The molecule has 0 saturated carbocycles. The second-order valence-electron chi connectivity index (χ2n) is 6.05. The number of ether oxygens (including phenoxy) is 2. The van der Waals surface area contributed by atoms with Crippen molar-refractivity contribution in [3.05, 3.63) is 17.9 Å². The summed E-state index contributed by atoms with van der Waals surface area (Å²) in [5.41, 5.74) is -0.719. The maximum Gasteiger partial charge on any atom is 0.497 e. The molecule has 0 unspecified atom stereocenters. The van der Waals surface area contributed by atoms with Crippen LogP contribution in [0.25, 0.3) is 0 Å². The van der Waals surface area contributed by atoms with Gasteiger partial charge in [0, 0.05) is 11.5 Å². The van der Waals surface area contributed by atoms with Gasteiger partial charge in [-0.1, -0.05) is 0 Å². The minimum atomic E-state index is -0.764. The van der Waals surface area contributed by atoms with Crippen molar-refractivity contribution in [2.24, 2.45) is 0 Å². The summed E-state index contributed by atoms with van der Waals surface area (Å²) in [6.07, 6.45) is 0. The van der Waals surface area contributed by atoms with Crippen LogP contribution in [0.15, 0.2) is 12.1 Å². The van der Waals surface area contributed by atoms with E-state index in [1.165, 1.54) is 13.2 Å². The predicted molar refractivity (Wildman–Crippen MR) is 79.8 cm³/mol. The second kappa shape index (κ2) is 5.50. The van der Waals surface area contributed by atoms with E-state index >= 15 is 0 Å². The molecule has 1 aliphatic rings. The lowest BCUT2D eigenvalue weighted by Crippen LogP contribution is -2.41. The average molecular weight is 296 g/mol. The van der Waals surface area contributed by atoms with E-state index in [2.05, 4.69) is 0 Å². The molecule has 0 amide bonds. The number of hydrogen-bond acceptors (Lipinski definition) is 4. The molecular weight excluding hydrogens is 274 g/mol. The molecule has 0 aromatic heterocycles. The minimum Gasteiger partial charge on any atom is -0.493 e. The van der Waals surface area contributed by atoms with Gasteiger partial charge in [-0.2, -0.15) is 0 Å². The van der Waals surface area contributed by atoms with Crippen molar-refractivity contribution in [1.29, 1.82) is 0 Å². The van der Waals surface area contributed by atoms with Crippen LogP contribution < -0.4 is 14.9 Å². The lowest BCUT2D eigenvalue weighted by Gasteiger charge is -2.32. The number of benzene rings is 1. The van der Waals surface area contributed by atoms with E-state index in [9.17, 15) is 4.39 Å². The highest BCUT2D eigenvalue weighted by Crippen LogP contribution is 2.37. The van der Waals surface area contributed by atoms with Gasteiger partial charge in [-0.3, -0.25) is 0 Å². The fraction of sp³-hybridized carbons (Fsp3) is 0.600. The number of hydrogen-bond donors (Lipinski definition) is 0. The van der Waals surface area contributed by atoms with E-state index in [1.54, 1.807) is 6.07 Å². The van der Waals surface area contributed by atoms with Gasteiger partial charge in [0.1, 0.15) is 5.82 Å². The molecule has 1 fully saturated rings. The van der Waals surface area contributed by atoms with Gasteiger partial charge < -0.3 is 18.8 Å². The zero-order valence-corrected chi connectivity index (χ0v) is 13.5. The molecule has 0 bridgehead atoms. The molecule has 2 rings (SSSR count). The molecular formula is C15H22BFO4. The first-order valence-electron chi connectivity index (χ1n) is 7.07. The monoisotopic (exact) mass is 296 g/mol. The molecule has 1 aliphatic heterocycles. The predicted octanol–water partition coefficient (Wildman–Crippen LogP) is 2.53. The second-order valence-corrected chi connectivity index (χ2v) is 6.05. The number of rotatable bonds is 4. The molecule has 1 heterocycles. The van der Waals surface area contributed by atoms with Crippen LogP contribution in [0.2, 0.25) is 0 Å². The zero-order chi connectivity index (χ0) is 15.8. The van der Waals surface area contributed by atoms with Crippen molar-refractivity contribution in [2.45, 2.75) is 45.8 Å². The number of methoxy groups -OCH3 is 1. The van der Waals surface area contributed by atoms with Gasteiger partial charge in [0.25, 0.3) is 0 Å². The van der Waals surface area contributed by atoms with Gasteiger partial charge in [-0.15, -0.1) is 0 Å². The lowest BCUT2D eigenvalue weighted by molar-refractivity contribution is 0.00578. The quantitative estimate of drug-likeness (QED) is 0.800. The molecule has 21 heavy (non-hydrogen) atoms. The first-order chi connectivity index (χ1) is 9.71. The summed E-state index contributed by atoms with van der Waals surface area (Å²) >= 11 is 0. The molecule has 116 valence electrons. The van der Waals surface area contributed by atoms with E-state index in [4.69, 9.17) is 18.8 Å². The van der Waals surface area contributed by atoms with Crippen LogP contribution in [0.1, 0.15) is 34.6 Å². The smallest absolute Gasteiger partial charge is 0.493 e. The Morgan fingerprint density at radius 1 is 1.10 bits per heavy atom. The van der Waals surface area contributed by atoms with E-state index < -0.39 is 24.1 Å². The van der Waals surface area contributed by atoms with E-state index in [0.29, 0.717) is 23.6 Å². The highest BCUT2D eigenvalue weighted by molar-refractivity contribution is 6.62. The Kier molecular flexibility index (Phi) is 4.22. The van der Waals surface area contributed by atoms with Gasteiger partial charge in [0.15, 0.2) is 11.5 Å². The summed E-state index contributed by atoms with van der Waals surface area (Å²) in [5.74, 6) is 0.398. The average Bonchev–Trinajstić information content (AvgIpc) is 2.60. The standard InChI is InChI=1S/C15H22BFO4/c1-7-19-13-8-10(11(17)9-12(13)18-6)16-20-14(2,3)15(4,5)21-16/h8-9H,7H2,1-6H3. The molecule has 0 aliphatic carbocycles. The summed E-state index contributed by atoms with van der Waals surface area (Å²) in [6.45, 7) is 10.0. The van der Waals surface area contributed by atoms with Crippen molar-refractivity contribution < 1.29 is 23.2 Å². The van der Waals surface area contributed by atoms with E-state index in [0.717, 1.165) is 0 Å². The summed E-state index contributed by atoms with van der Waals surface area (Å²) in [7, 11) is 0.714. The van der Waals surface area contributed by atoms with E-state index in [1.807, 2.05) is 34.6 Å². The topological polar surface area (TPSA) is 36.9 Å². The first-order valence-corrected chi connectivity index (χ1v) is 7.07. The third-order valence-corrected chi connectivity index (χ3v) is 4.09. The van der Waals surface area contributed by atoms with Crippen LogP contribution in [0.4, 0.5) is 4.39 Å². The Morgan fingerprint density at radius 2 is 1.67 bits per heavy atom. The van der Waals surface area contributed by atoms with Crippen molar-refractivity contribution in [2.75, 3.05) is 13.7 Å². The van der Waals surface area contributed by atoms with E-state index in [-0.39, 0.29) is 0 Å². The molecule has 1 aromatic carbocycles. The van der Waals surface area contributed by atoms with Crippen molar-refractivity contribution in [3.8, 4) is 11.5 Å². The fourth-order valence-corrected chi connectivity index (χ4v) is 2.13. The third kappa shape index (κ3) is 2.87. The molecule has 0 atom stereocenters. The SMILES string of the molecule is CCOc1cc(B2OC(C)(C)C(C)(C)O2)c(F)cc1OC. The van der Waals surface area contributed by atoms with Crippen LogP contribution in [-0.2, 0) is 9.31 Å². The Hall–Kier alpha value is -1.27. The summed E-state index contributed by atoms with van der Waals surface area (Å²) < 4.78 is 36.7. The summed E-state index contributed by atoms with van der Waals surface area (Å²) in [5, 5.41) is 0. The van der Waals surface area contributed by atoms with Crippen LogP contribution in [0.3, 0.4) is 0 Å². The Bertz CT molecular complexity index is 515. The van der Waals surface area contributed by atoms with Crippen LogP contribution >= 0.6 is 0 Å². The molecule has 0 spiro atoms. The van der Waals surface area contributed by atoms with Gasteiger partial charge >= 0.3 is 7.12 Å². The molecule has 1 aromatic rings. The van der Waals surface area contributed by atoms with Gasteiger partial charge in [0.05, 0.1) is 24.9 Å². The van der Waals surface area contributed by atoms with Gasteiger partial charge in [0.2, 0.25) is 0 Å². The summed E-state index contributed by atoms with van der Waals surface area (Å²) in [6, 6.07) is 2.88. The van der Waals surface area contributed by atoms with Crippen LogP contribution in [0.5, 0.6) is 11.5 Å². The molecule has 1 saturated heterocycles. The van der Waals surface area contributed by atoms with Crippen LogP contribution in [0, 0.1) is 5.82 Å². The maximum absolute atomic E-state index is 14.3. The Morgan fingerprint density at radius 3 is 2.14 bits per heavy atom. The third-order valence-electron chi connectivity index (χ3n) is 4.09. The van der Waals surface area contributed by atoms with Crippen molar-refractivity contribution >= 4 is 12.6 Å².